The monoisotopic (exact) mass is 437 g/mol. The van der Waals surface area contributed by atoms with Crippen LogP contribution in [0.15, 0.2) is 35.8 Å². The molecule has 1 aromatic heterocycles. The molecule has 0 aromatic carbocycles. The van der Waals surface area contributed by atoms with Gasteiger partial charge in [0.25, 0.3) is 0 Å². The maximum Gasteiger partial charge on any atom is 0.313 e. The highest BCUT2D eigenvalue weighted by Crippen LogP contribution is 2.54. The lowest BCUT2D eigenvalue weighted by Crippen LogP contribution is -2.46. The van der Waals surface area contributed by atoms with E-state index >= 15 is 0 Å². The molecule has 170 valence electrons. The van der Waals surface area contributed by atoms with E-state index in [1.54, 1.807) is 12.4 Å². The highest BCUT2D eigenvalue weighted by molar-refractivity contribution is 5.82. The molecule has 8 heteroatoms. The Balaban J connectivity index is 1.66. The average Bonchev–Trinajstić information content (AvgIpc) is 3.61. The fraction of sp³-hybridized carbons (Fsp3) is 0.583. The van der Waals surface area contributed by atoms with Crippen molar-refractivity contribution in [1.82, 2.24) is 14.9 Å². The van der Waals surface area contributed by atoms with Gasteiger partial charge in [0.15, 0.2) is 0 Å². The molecule has 2 N–H and O–H groups in total. The van der Waals surface area contributed by atoms with Gasteiger partial charge in [-0.15, -0.1) is 0 Å². The van der Waals surface area contributed by atoms with Crippen molar-refractivity contribution >= 4 is 11.7 Å². The molecule has 8 nitrogen and oxygen atoms in total. The van der Waals surface area contributed by atoms with Gasteiger partial charge in [-0.05, 0) is 44.1 Å². The van der Waals surface area contributed by atoms with Gasteiger partial charge in [-0.3, -0.25) is 4.79 Å². The van der Waals surface area contributed by atoms with E-state index in [0.29, 0.717) is 31.2 Å². The first-order valence-corrected chi connectivity index (χ1v) is 11.4. The molecule has 4 rings (SSSR count). The Morgan fingerprint density at radius 2 is 2.00 bits per heavy atom. The number of rotatable bonds is 8. The first-order chi connectivity index (χ1) is 15.4. The third kappa shape index (κ3) is 4.63. The maximum absolute atomic E-state index is 12.0. The van der Waals surface area contributed by atoms with E-state index in [2.05, 4.69) is 40.1 Å². The van der Waals surface area contributed by atoms with Gasteiger partial charge in [-0.2, -0.15) is 5.26 Å². The normalized spacial score (nSPS) is 22.5. The number of aliphatic carboxylic acids is 1. The Kier molecular flexibility index (Phi) is 6.47. The smallest absolute Gasteiger partial charge is 0.313 e. The predicted molar refractivity (Wildman–Crippen MR) is 120 cm³/mol. The molecule has 1 aliphatic heterocycles. The number of hydrogen-bond acceptors (Lipinski definition) is 7. The Bertz CT molecular complexity index is 937. The minimum absolute atomic E-state index is 0.0926. The van der Waals surface area contributed by atoms with Crippen LogP contribution in [0.2, 0.25) is 0 Å². The number of carbonyl (C=O) groups is 1. The maximum atomic E-state index is 12.0. The highest BCUT2D eigenvalue weighted by atomic mass is 16.5. The van der Waals surface area contributed by atoms with E-state index < -0.39 is 11.4 Å². The quantitative estimate of drug-likeness (QED) is 0.637. The Morgan fingerprint density at radius 1 is 1.31 bits per heavy atom. The van der Waals surface area contributed by atoms with Crippen LogP contribution in [0.5, 0.6) is 0 Å². The molecule has 0 radical (unpaired) electrons. The molecule has 0 amide bonds. The lowest BCUT2D eigenvalue weighted by molar-refractivity contribution is -0.141. The van der Waals surface area contributed by atoms with Crippen LogP contribution in [0.3, 0.4) is 0 Å². The molecule has 1 unspecified atom stereocenters. The van der Waals surface area contributed by atoms with Crippen molar-refractivity contribution in [3.8, 4) is 6.07 Å². The number of carboxylic acids is 1. The summed E-state index contributed by atoms with van der Waals surface area (Å²) in [7, 11) is 0. The molecule has 2 aliphatic carbocycles. The van der Waals surface area contributed by atoms with Gasteiger partial charge in [-0.1, -0.05) is 25.5 Å². The number of nitriles is 1. The van der Waals surface area contributed by atoms with Gasteiger partial charge in [0.2, 0.25) is 5.82 Å². The van der Waals surface area contributed by atoms with Crippen molar-refractivity contribution in [2.75, 3.05) is 25.1 Å². The van der Waals surface area contributed by atoms with Gasteiger partial charge in [-0.25, -0.2) is 9.97 Å². The number of nitrogens with zero attached hydrogens (tertiary/aromatic N) is 4. The summed E-state index contributed by atoms with van der Waals surface area (Å²) in [4.78, 5) is 22.6. The zero-order chi connectivity index (χ0) is 22.7. The molecular weight excluding hydrogens is 406 g/mol. The molecule has 0 spiro atoms. The van der Waals surface area contributed by atoms with Crippen molar-refractivity contribution in [3.05, 3.63) is 41.6 Å². The number of anilines is 1. The molecule has 0 bridgehead atoms. The van der Waals surface area contributed by atoms with Crippen LogP contribution in [0.25, 0.3) is 0 Å². The second kappa shape index (κ2) is 9.29. The van der Waals surface area contributed by atoms with Crippen molar-refractivity contribution in [2.24, 2.45) is 11.3 Å². The number of allylic oxidation sites excluding steroid dienone is 2. The molecule has 2 heterocycles. The van der Waals surface area contributed by atoms with E-state index in [4.69, 9.17) is 10.00 Å². The van der Waals surface area contributed by atoms with Crippen molar-refractivity contribution in [3.63, 3.8) is 0 Å². The van der Waals surface area contributed by atoms with Crippen LogP contribution < -0.4 is 5.32 Å². The summed E-state index contributed by atoms with van der Waals surface area (Å²) in [6.07, 6.45) is 11.4. The Hall–Kier alpha value is -2.92. The zero-order valence-corrected chi connectivity index (χ0v) is 18.8. The molecule has 2 fully saturated rings. The largest absolute Gasteiger partial charge is 0.481 e. The van der Waals surface area contributed by atoms with Gasteiger partial charge < -0.3 is 20.1 Å². The molecule has 1 saturated heterocycles. The highest BCUT2D eigenvalue weighted by Gasteiger charge is 2.54. The first kappa shape index (κ1) is 22.3. The molecule has 1 atom stereocenters. The third-order valence-corrected chi connectivity index (χ3v) is 6.63. The van der Waals surface area contributed by atoms with Crippen LogP contribution >= 0.6 is 0 Å². The van der Waals surface area contributed by atoms with Crippen LogP contribution in [0.1, 0.15) is 51.8 Å². The molecular formula is C24H31N5O3. The third-order valence-electron chi connectivity index (χ3n) is 6.63. The molecule has 1 aromatic rings. The van der Waals surface area contributed by atoms with Gasteiger partial charge in [0, 0.05) is 31.5 Å². The SMILES string of the molecule is CC(C)CN(C1=CC=C(C2(C(=O)O)CC2)CC1Nc1cnc(C#N)nc1)C1CCOCC1. The average molecular weight is 438 g/mol. The Morgan fingerprint density at radius 3 is 2.56 bits per heavy atom. The minimum atomic E-state index is -0.732. The van der Waals surface area contributed by atoms with Crippen LogP contribution in [0.4, 0.5) is 5.69 Å². The topological polar surface area (TPSA) is 111 Å². The fourth-order valence-corrected chi connectivity index (χ4v) is 4.78. The Labute approximate surface area is 189 Å². The number of carboxylic acid groups (broad SMARTS) is 1. The van der Waals surface area contributed by atoms with E-state index in [-0.39, 0.29) is 11.9 Å². The van der Waals surface area contributed by atoms with E-state index in [9.17, 15) is 9.90 Å². The van der Waals surface area contributed by atoms with E-state index in [0.717, 1.165) is 43.9 Å². The lowest BCUT2D eigenvalue weighted by atomic mass is 9.84. The standard InChI is InChI=1S/C24H31N5O3/c1-16(2)15-29(19-5-9-32-10-6-19)21-4-3-17(24(7-8-24)23(30)31)11-20(21)28-18-13-26-22(12-25)27-14-18/h3-4,13-14,16,19-20,28H,5-11,15H2,1-2H3,(H,30,31). The van der Waals surface area contributed by atoms with Crippen molar-refractivity contribution in [1.29, 1.82) is 5.26 Å². The zero-order valence-electron chi connectivity index (χ0n) is 18.8. The molecule has 3 aliphatic rings. The number of aromatic nitrogens is 2. The second-order valence-corrected chi connectivity index (χ2v) is 9.37. The lowest BCUT2D eigenvalue weighted by Gasteiger charge is -2.43. The number of ether oxygens (including phenoxy) is 1. The van der Waals surface area contributed by atoms with Crippen molar-refractivity contribution < 1.29 is 14.6 Å². The molecule has 1 saturated carbocycles. The summed E-state index contributed by atoms with van der Waals surface area (Å²) in [6, 6.07) is 2.24. The van der Waals surface area contributed by atoms with Crippen LogP contribution in [-0.2, 0) is 9.53 Å². The summed E-state index contributed by atoms with van der Waals surface area (Å²) < 4.78 is 5.60. The first-order valence-electron chi connectivity index (χ1n) is 11.4. The minimum Gasteiger partial charge on any atom is -0.481 e. The number of nitrogens with one attached hydrogen (secondary N) is 1. The summed E-state index contributed by atoms with van der Waals surface area (Å²) >= 11 is 0. The molecule has 32 heavy (non-hydrogen) atoms. The van der Waals surface area contributed by atoms with E-state index in [1.165, 1.54) is 5.70 Å². The van der Waals surface area contributed by atoms with E-state index in [1.807, 2.05) is 12.1 Å². The summed E-state index contributed by atoms with van der Waals surface area (Å²) in [5.41, 5.74) is 2.14. The fourth-order valence-electron chi connectivity index (χ4n) is 4.78. The van der Waals surface area contributed by atoms with Crippen LogP contribution in [0, 0.1) is 22.7 Å². The van der Waals surface area contributed by atoms with Gasteiger partial charge in [0.05, 0.1) is 29.5 Å². The second-order valence-electron chi connectivity index (χ2n) is 9.37. The van der Waals surface area contributed by atoms with Crippen molar-refractivity contribution in [2.45, 2.75) is 58.0 Å². The summed E-state index contributed by atoms with van der Waals surface area (Å²) in [5.74, 6) is -0.122. The van der Waals surface area contributed by atoms with Gasteiger partial charge >= 0.3 is 5.97 Å². The van der Waals surface area contributed by atoms with Crippen LogP contribution in [-0.4, -0.2) is 57.8 Å². The summed E-state index contributed by atoms with van der Waals surface area (Å²) in [5, 5.41) is 22.4. The van der Waals surface area contributed by atoms with Gasteiger partial charge in [0.1, 0.15) is 6.07 Å². The number of hydrogen-bond donors (Lipinski definition) is 2. The predicted octanol–water partition coefficient (Wildman–Crippen LogP) is 3.34. The summed E-state index contributed by atoms with van der Waals surface area (Å²) in [6.45, 7) is 6.88.